The van der Waals surface area contributed by atoms with Crippen molar-refractivity contribution in [3.63, 3.8) is 0 Å². The lowest BCUT2D eigenvalue weighted by Gasteiger charge is -2.34. The number of nitrogens with zero attached hydrogens (tertiary/aromatic N) is 1. The number of rotatable bonds is 5. The topological polar surface area (TPSA) is 24.5 Å². The summed E-state index contributed by atoms with van der Waals surface area (Å²) < 4.78 is 5.20. The number of nitrogens with one attached hydrogen (secondary N) is 1. The zero-order valence-corrected chi connectivity index (χ0v) is 12.4. The van der Waals surface area contributed by atoms with E-state index in [0.29, 0.717) is 12.1 Å². The second-order valence-corrected chi connectivity index (χ2v) is 5.39. The Morgan fingerprint density at radius 1 is 1.37 bits per heavy atom. The first-order chi connectivity index (χ1) is 9.22. The largest absolute Gasteiger partial charge is 0.497 e. The van der Waals surface area contributed by atoms with Gasteiger partial charge < -0.3 is 15.0 Å². The smallest absolute Gasteiger partial charge is 0.118 e. The molecule has 1 heterocycles. The fraction of sp³-hybridized carbons (Fsp3) is 0.625. The first kappa shape index (κ1) is 14.4. The molecule has 19 heavy (non-hydrogen) atoms. The van der Waals surface area contributed by atoms with Gasteiger partial charge in [0.15, 0.2) is 0 Å². The van der Waals surface area contributed by atoms with Crippen LogP contribution in [0, 0.1) is 0 Å². The molecule has 0 aromatic heterocycles. The molecule has 0 aliphatic carbocycles. The highest BCUT2D eigenvalue weighted by molar-refractivity contribution is 5.28. The summed E-state index contributed by atoms with van der Waals surface area (Å²) in [5, 5.41) is 3.75. The van der Waals surface area contributed by atoms with Crippen LogP contribution in [0.25, 0.3) is 0 Å². The summed E-state index contributed by atoms with van der Waals surface area (Å²) in [5.74, 6) is 0.922. The maximum Gasteiger partial charge on any atom is 0.118 e. The molecule has 2 rings (SSSR count). The fourth-order valence-corrected chi connectivity index (χ4v) is 2.82. The molecular weight excluding hydrogens is 236 g/mol. The Hall–Kier alpha value is -1.06. The van der Waals surface area contributed by atoms with Crippen molar-refractivity contribution in [3.8, 4) is 5.75 Å². The van der Waals surface area contributed by atoms with Crippen molar-refractivity contribution < 1.29 is 4.74 Å². The summed E-state index contributed by atoms with van der Waals surface area (Å²) in [5.41, 5.74) is 1.33. The van der Waals surface area contributed by atoms with Crippen molar-refractivity contribution in [3.05, 3.63) is 29.8 Å². The van der Waals surface area contributed by atoms with Gasteiger partial charge in [-0.1, -0.05) is 19.1 Å². The van der Waals surface area contributed by atoms with Gasteiger partial charge in [0, 0.05) is 18.6 Å². The Kier molecular flexibility index (Phi) is 5.23. The third-order valence-electron chi connectivity index (χ3n) is 4.05. The third kappa shape index (κ3) is 3.95. The molecule has 0 radical (unpaired) electrons. The minimum absolute atomic E-state index is 0.396. The van der Waals surface area contributed by atoms with Gasteiger partial charge in [0.1, 0.15) is 5.75 Å². The first-order valence-corrected chi connectivity index (χ1v) is 7.35. The van der Waals surface area contributed by atoms with E-state index < -0.39 is 0 Å². The number of ether oxygens (including phenoxy) is 1. The highest BCUT2D eigenvalue weighted by atomic mass is 16.5. The molecule has 0 amide bonds. The van der Waals surface area contributed by atoms with Crippen LogP contribution in [-0.2, 0) is 0 Å². The van der Waals surface area contributed by atoms with E-state index in [9.17, 15) is 0 Å². The second kappa shape index (κ2) is 6.92. The number of hydrogen-bond acceptors (Lipinski definition) is 3. The molecule has 3 heteroatoms. The standard InChI is InChI=1S/C16H26N2O/c1-4-18-11-5-6-15(12-18)17-13(2)14-7-9-16(19-3)10-8-14/h7-10,13,15,17H,4-6,11-12H2,1-3H3. The Morgan fingerprint density at radius 3 is 2.74 bits per heavy atom. The number of likely N-dealkylation sites (N-methyl/N-ethyl adjacent to an activating group) is 1. The Labute approximate surface area is 116 Å². The van der Waals surface area contributed by atoms with E-state index in [1.807, 2.05) is 12.1 Å². The van der Waals surface area contributed by atoms with Crippen molar-refractivity contribution in [2.75, 3.05) is 26.7 Å². The van der Waals surface area contributed by atoms with Crippen LogP contribution < -0.4 is 10.1 Å². The lowest BCUT2D eigenvalue weighted by atomic mass is 10.0. The van der Waals surface area contributed by atoms with Crippen molar-refractivity contribution >= 4 is 0 Å². The van der Waals surface area contributed by atoms with Gasteiger partial charge in [0.25, 0.3) is 0 Å². The van der Waals surface area contributed by atoms with Gasteiger partial charge in [-0.2, -0.15) is 0 Å². The highest BCUT2D eigenvalue weighted by Gasteiger charge is 2.20. The molecular formula is C16H26N2O. The summed E-state index contributed by atoms with van der Waals surface area (Å²) in [6.07, 6.45) is 2.60. The summed E-state index contributed by atoms with van der Waals surface area (Å²) in [6.45, 7) is 8.08. The fourth-order valence-electron chi connectivity index (χ4n) is 2.82. The van der Waals surface area contributed by atoms with E-state index in [-0.39, 0.29) is 0 Å². The van der Waals surface area contributed by atoms with Crippen LogP contribution in [0.5, 0.6) is 5.75 Å². The second-order valence-electron chi connectivity index (χ2n) is 5.39. The zero-order valence-electron chi connectivity index (χ0n) is 12.4. The molecule has 1 saturated heterocycles. The van der Waals surface area contributed by atoms with Crippen molar-refractivity contribution in [1.82, 2.24) is 10.2 Å². The Bertz CT molecular complexity index is 377. The van der Waals surface area contributed by atoms with Gasteiger partial charge >= 0.3 is 0 Å². The SMILES string of the molecule is CCN1CCCC(NC(C)c2ccc(OC)cc2)C1. The first-order valence-electron chi connectivity index (χ1n) is 7.35. The molecule has 1 aliphatic rings. The van der Waals surface area contributed by atoms with Gasteiger partial charge in [-0.3, -0.25) is 0 Å². The zero-order chi connectivity index (χ0) is 13.7. The number of methoxy groups -OCH3 is 1. The average molecular weight is 262 g/mol. The number of benzene rings is 1. The van der Waals surface area contributed by atoms with Crippen LogP contribution in [0.1, 0.15) is 38.3 Å². The molecule has 1 fully saturated rings. The van der Waals surface area contributed by atoms with Gasteiger partial charge in [-0.05, 0) is 50.6 Å². The van der Waals surface area contributed by atoms with E-state index in [4.69, 9.17) is 4.74 Å². The molecule has 1 N–H and O–H groups in total. The van der Waals surface area contributed by atoms with Crippen LogP contribution in [0.2, 0.25) is 0 Å². The molecule has 2 unspecified atom stereocenters. The van der Waals surface area contributed by atoms with E-state index in [1.54, 1.807) is 7.11 Å². The van der Waals surface area contributed by atoms with Gasteiger partial charge in [0.05, 0.1) is 7.11 Å². The molecule has 2 atom stereocenters. The normalized spacial score (nSPS) is 22.2. The lowest BCUT2D eigenvalue weighted by molar-refractivity contribution is 0.192. The quantitative estimate of drug-likeness (QED) is 0.883. The molecule has 106 valence electrons. The number of likely N-dealkylation sites (tertiary alicyclic amines) is 1. The van der Waals surface area contributed by atoms with E-state index in [2.05, 4.69) is 36.2 Å². The van der Waals surface area contributed by atoms with Crippen LogP contribution in [-0.4, -0.2) is 37.7 Å². The van der Waals surface area contributed by atoms with E-state index in [0.717, 1.165) is 12.3 Å². The van der Waals surface area contributed by atoms with Gasteiger partial charge in [-0.25, -0.2) is 0 Å². The number of piperidine rings is 1. The van der Waals surface area contributed by atoms with Crippen LogP contribution >= 0.6 is 0 Å². The molecule has 0 bridgehead atoms. The van der Waals surface area contributed by atoms with E-state index >= 15 is 0 Å². The molecule has 3 nitrogen and oxygen atoms in total. The predicted molar refractivity (Wildman–Crippen MR) is 79.7 cm³/mol. The summed E-state index contributed by atoms with van der Waals surface area (Å²) >= 11 is 0. The minimum atomic E-state index is 0.396. The van der Waals surface area contributed by atoms with E-state index in [1.165, 1.54) is 31.5 Å². The summed E-state index contributed by atoms with van der Waals surface area (Å²) in [6, 6.07) is 9.38. The molecule has 0 saturated carbocycles. The molecule has 0 spiro atoms. The Balaban J connectivity index is 1.90. The minimum Gasteiger partial charge on any atom is -0.497 e. The number of hydrogen-bond donors (Lipinski definition) is 1. The Morgan fingerprint density at radius 2 is 2.11 bits per heavy atom. The summed E-state index contributed by atoms with van der Waals surface area (Å²) in [4.78, 5) is 2.53. The van der Waals surface area contributed by atoms with Crippen LogP contribution in [0.15, 0.2) is 24.3 Å². The predicted octanol–water partition coefficient (Wildman–Crippen LogP) is 2.83. The van der Waals surface area contributed by atoms with Crippen LogP contribution in [0.3, 0.4) is 0 Å². The molecule has 1 aliphatic heterocycles. The van der Waals surface area contributed by atoms with Crippen LogP contribution in [0.4, 0.5) is 0 Å². The van der Waals surface area contributed by atoms with Crippen molar-refractivity contribution in [1.29, 1.82) is 0 Å². The maximum absolute atomic E-state index is 5.20. The monoisotopic (exact) mass is 262 g/mol. The lowest BCUT2D eigenvalue weighted by Crippen LogP contribution is -2.46. The van der Waals surface area contributed by atoms with Gasteiger partial charge in [-0.15, -0.1) is 0 Å². The average Bonchev–Trinajstić information content (AvgIpc) is 2.47. The molecule has 1 aromatic rings. The van der Waals surface area contributed by atoms with Crippen molar-refractivity contribution in [2.45, 2.75) is 38.8 Å². The third-order valence-corrected chi connectivity index (χ3v) is 4.05. The molecule has 1 aromatic carbocycles. The maximum atomic E-state index is 5.20. The van der Waals surface area contributed by atoms with Gasteiger partial charge in [0.2, 0.25) is 0 Å². The highest BCUT2D eigenvalue weighted by Crippen LogP contribution is 2.19. The summed E-state index contributed by atoms with van der Waals surface area (Å²) in [7, 11) is 1.71. The van der Waals surface area contributed by atoms with Crippen molar-refractivity contribution in [2.24, 2.45) is 0 Å².